The molecule has 0 spiro atoms. The zero-order chi connectivity index (χ0) is 11.6. The number of methoxy groups -OCH3 is 1. The smallest absolute Gasteiger partial charge is 0.318 e. The normalized spacial score (nSPS) is 17.6. The van der Waals surface area contributed by atoms with Crippen molar-refractivity contribution < 1.29 is 18.7 Å². The van der Waals surface area contributed by atoms with Gasteiger partial charge in [-0.05, 0) is 13.0 Å². The molecule has 0 radical (unpaired) electrons. The number of furan rings is 1. The maximum absolute atomic E-state index is 11.6. The van der Waals surface area contributed by atoms with Gasteiger partial charge in [-0.25, -0.2) is 0 Å². The first-order valence-corrected chi connectivity index (χ1v) is 5.13. The summed E-state index contributed by atoms with van der Waals surface area (Å²) in [7, 11) is 1.39. The van der Waals surface area contributed by atoms with Crippen molar-refractivity contribution in [1.29, 1.82) is 0 Å². The molecule has 16 heavy (non-hydrogen) atoms. The summed E-state index contributed by atoms with van der Waals surface area (Å²) >= 11 is 0. The maximum atomic E-state index is 11.6. The van der Waals surface area contributed by atoms with E-state index >= 15 is 0 Å². The van der Waals surface area contributed by atoms with E-state index in [-0.39, 0.29) is 5.97 Å². The van der Waals surface area contributed by atoms with Gasteiger partial charge in [-0.3, -0.25) is 4.79 Å². The van der Waals surface area contributed by atoms with Crippen LogP contribution in [0.3, 0.4) is 0 Å². The summed E-state index contributed by atoms with van der Waals surface area (Å²) in [4.78, 5) is 11.6. The van der Waals surface area contributed by atoms with Crippen LogP contribution in [0, 0.1) is 12.3 Å². The van der Waals surface area contributed by atoms with Gasteiger partial charge in [0.15, 0.2) is 5.88 Å². The molecule has 0 bridgehead atoms. The van der Waals surface area contributed by atoms with Gasteiger partial charge in [-0.1, -0.05) is 0 Å². The summed E-state index contributed by atoms with van der Waals surface area (Å²) < 4.78 is 15.2. The average Bonchev–Trinajstić information content (AvgIpc) is 2.62. The lowest BCUT2D eigenvalue weighted by atomic mass is 9.86. The van der Waals surface area contributed by atoms with Crippen molar-refractivity contribution in [3.8, 4) is 0 Å². The van der Waals surface area contributed by atoms with Crippen LogP contribution in [0.4, 0.5) is 5.88 Å². The third-order valence-corrected chi connectivity index (χ3v) is 2.72. The molecule has 1 aliphatic heterocycles. The predicted molar refractivity (Wildman–Crippen MR) is 57.2 cm³/mol. The highest BCUT2D eigenvalue weighted by atomic mass is 16.5. The summed E-state index contributed by atoms with van der Waals surface area (Å²) in [5, 5.41) is 3.08. The number of carbonyl (C=O) groups is 1. The zero-order valence-electron chi connectivity index (χ0n) is 9.41. The monoisotopic (exact) mass is 225 g/mol. The summed E-state index contributed by atoms with van der Waals surface area (Å²) in [6.07, 6.45) is 0. The first-order chi connectivity index (χ1) is 7.66. The molecule has 0 aromatic carbocycles. The molecule has 0 unspecified atom stereocenters. The minimum atomic E-state index is -0.560. The number of aryl methyl sites for hydroxylation is 1. The lowest BCUT2D eigenvalue weighted by molar-refractivity contribution is -0.180. The molecule has 1 fully saturated rings. The van der Waals surface area contributed by atoms with Crippen LogP contribution in [0.2, 0.25) is 0 Å². The van der Waals surface area contributed by atoms with E-state index in [1.54, 1.807) is 0 Å². The number of rotatable bonds is 4. The summed E-state index contributed by atoms with van der Waals surface area (Å²) in [5.74, 6) is 1.25. The van der Waals surface area contributed by atoms with Gasteiger partial charge < -0.3 is 19.2 Å². The lowest BCUT2D eigenvalue weighted by Crippen LogP contribution is -2.54. The van der Waals surface area contributed by atoms with Crippen LogP contribution in [0.15, 0.2) is 16.5 Å². The number of nitrogens with one attached hydrogen (secondary N) is 1. The Hall–Kier alpha value is -1.49. The standard InChI is InChI=1S/C11H15NO4/c1-8-3-4-9(16-8)12-5-11(6-15-7-11)10(13)14-2/h3-4,12H,5-7H2,1-2H3. The van der Waals surface area contributed by atoms with Crippen molar-refractivity contribution in [2.75, 3.05) is 32.2 Å². The van der Waals surface area contributed by atoms with Crippen molar-refractivity contribution in [3.63, 3.8) is 0 Å². The van der Waals surface area contributed by atoms with Crippen LogP contribution >= 0.6 is 0 Å². The highest BCUT2D eigenvalue weighted by Gasteiger charge is 2.47. The van der Waals surface area contributed by atoms with E-state index in [9.17, 15) is 4.79 Å². The van der Waals surface area contributed by atoms with Crippen molar-refractivity contribution in [2.45, 2.75) is 6.92 Å². The Morgan fingerprint density at radius 2 is 2.31 bits per heavy atom. The van der Waals surface area contributed by atoms with E-state index in [0.29, 0.717) is 25.6 Å². The second kappa shape index (κ2) is 4.17. The Morgan fingerprint density at radius 1 is 1.56 bits per heavy atom. The number of hydrogen-bond donors (Lipinski definition) is 1. The maximum Gasteiger partial charge on any atom is 0.318 e. The highest BCUT2D eigenvalue weighted by molar-refractivity contribution is 5.78. The number of hydrogen-bond acceptors (Lipinski definition) is 5. The fourth-order valence-corrected chi connectivity index (χ4v) is 1.64. The molecule has 5 heteroatoms. The molecular formula is C11H15NO4. The molecular weight excluding hydrogens is 210 g/mol. The topological polar surface area (TPSA) is 60.7 Å². The van der Waals surface area contributed by atoms with Crippen molar-refractivity contribution >= 4 is 11.9 Å². The summed E-state index contributed by atoms with van der Waals surface area (Å²) in [6, 6.07) is 3.70. The molecule has 5 nitrogen and oxygen atoms in total. The van der Waals surface area contributed by atoms with Gasteiger partial charge in [0.05, 0.1) is 20.3 Å². The van der Waals surface area contributed by atoms with E-state index in [1.807, 2.05) is 19.1 Å². The molecule has 2 rings (SSSR count). The van der Waals surface area contributed by atoms with E-state index in [2.05, 4.69) is 5.32 Å². The fraction of sp³-hybridized carbons (Fsp3) is 0.545. The molecule has 0 aliphatic carbocycles. The Bertz CT molecular complexity index is 381. The lowest BCUT2D eigenvalue weighted by Gasteiger charge is -2.38. The second-order valence-corrected chi connectivity index (χ2v) is 4.03. The SMILES string of the molecule is COC(=O)C1(CNc2ccc(C)o2)COC1. The van der Waals surface area contributed by atoms with Crippen molar-refractivity contribution in [1.82, 2.24) is 0 Å². The molecule has 1 N–H and O–H groups in total. The number of ether oxygens (including phenoxy) is 2. The van der Waals surface area contributed by atoms with Crippen LogP contribution in [-0.4, -0.2) is 32.8 Å². The first kappa shape index (κ1) is 11.0. The van der Waals surface area contributed by atoms with Crippen LogP contribution in [-0.2, 0) is 14.3 Å². The second-order valence-electron chi connectivity index (χ2n) is 4.03. The number of carbonyl (C=O) groups excluding carboxylic acids is 1. The fourth-order valence-electron chi connectivity index (χ4n) is 1.64. The molecule has 88 valence electrons. The van der Waals surface area contributed by atoms with Gasteiger partial charge in [0, 0.05) is 12.6 Å². The van der Waals surface area contributed by atoms with Gasteiger partial charge in [-0.15, -0.1) is 0 Å². The van der Waals surface area contributed by atoms with E-state index in [0.717, 1.165) is 5.76 Å². The minimum absolute atomic E-state index is 0.241. The summed E-state index contributed by atoms with van der Waals surface area (Å²) in [5.41, 5.74) is -0.560. The summed E-state index contributed by atoms with van der Waals surface area (Å²) in [6.45, 7) is 3.12. The molecule has 1 saturated heterocycles. The molecule has 0 atom stereocenters. The van der Waals surface area contributed by atoms with Crippen LogP contribution < -0.4 is 5.32 Å². The predicted octanol–water partition coefficient (Wildman–Crippen LogP) is 1.19. The molecule has 1 aliphatic rings. The minimum Gasteiger partial charge on any atom is -0.468 e. The van der Waals surface area contributed by atoms with Crippen molar-refractivity contribution in [3.05, 3.63) is 17.9 Å². The van der Waals surface area contributed by atoms with Gasteiger partial charge >= 0.3 is 5.97 Å². The molecule has 1 aromatic heterocycles. The molecule has 0 amide bonds. The average molecular weight is 225 g/mol. The van der Waals surface area contributed by atoms with Gasteiger partial charge in [0.25, 0.3) is 0 Å². The largest absolute Gasteiger partial charge is 0.468 e. The Kier molecular flexibility index (Phi) is 2.87. The Labute approximate surface area is 93.7 Å². The molecule has 1 aromatic rings. The highest BCUT2D eigenvalue weighted by Crippen LogP contribution is 2.29. The third kappa shape index (κ3) is 1.90. The van der Waals surface area contributed by atoms with E-state index in [4.69, 9.17) is 13.9 Å². The van der Waals surface area contributed by atoms with E-state index < -0.39 is 5.41 Å². The Morgan fingerprint density at radius 3 is 2.75 bits per heavy atom. The zero-order valence-corrected chi connectivity index (χ0v) is 9.41. The number of esters is 1. The third-order valence-electron chi connectivity index (χ3n) is 2.72. The van der Waals surface area contributed by atoms with Gasteiger partial charge in [0.2, 0.25) is 0 Å². The van der Waals surface area contributed by atoms with Crippen LogP contribution in [0.1, 0.15) is 5.76 Å². The van der Waals surface area contributed by atoms with Crippen LogP contribution in [0.5, 0.6) is 0 Å². The van der Waals surface area contributed by atoms with E-state index in [1.165, 1.54) is 7.11 Å². The van der Waals surface area contributed by atoms with Crippen LogP contribution in [0.25, 0.3) is 0 Å². The Balaban J connectivity index is 1.95. The molecule has 2 heterocycles. The van der Waals surface area contributed by atoms with Crippen molar-refractivity contribution in [2.24, 2.45) is 5.41 Å². The number of anilines is 1. The first-order valence-electron chi connectivity index (χ1n) is 5.13. The quantitative estimate of drug-likeness (QED) is 0.780. The van der Waals surface area contributed by atoms with Gasteiger partial charge in [0.1, 0.15) is 11.2 Å². The van der Waals surface area contributed by atoms with Gasteiger partial charge in [-0.2, -0.15) is 0 Å². The molecule has 0 saturated carbocycles.